The van der Waals surface area contributed by atoms with Crippen LogP contribution < -0.4 is 5.73 Å². The zero-order valence-electron chi connectivity index (χ0n) is 8.08. The average molecular weight is 260 g/mol. The first-order valence-corrected chi connectivity index (χ1v) is 5.84. The average Bonchev–Trinajstić information content (AvgIpc) is 2.75. The third kappa shape index (κ3) is 2.09. The Morgan fingerprint density at radius 2 is 1.94 bits per heavy atom. The van der Waals surface area contributed by atoms with Gasteiger partial charge in [-0.15, -0.1) is 0 Å². The highest BCUT2D eigenvalue weighted by Gasteiger charge is 2.16. The molecule has 1 unspecified atom stereocenters. The minimum atomic E-state index is -0.966. The molecule has 1 heterocycles. The molecular weight excluding hydrogens is 252 g/mol. The van der Waals surface area contributed by atoms with Crippen LogP contribution in [0.3, 0.4) is 0 Å². The summed E-state index contributed by atoms with van der Waals surface area (Å²) in [5, 5.41) is 3.85. The Morgan fingerprint density at radius 3 is 2.56 bits per heavy atom. The SMILES string of the molecule is NC(c1ccsc1)c1cc(F)c(F)cc1Cl. The maximum absolute atomic E-state index is 13.1. The van der Waals surface area contributed by atoms with Gasteiger partial charge in [0.25, 0.3) is 0 Å². The number of hydrogen-bond donors (Lipinski definition) is 1. The molecule has 0 bridgehead atoms. The van der Waals surface area contributed by atoms with Crippen molar-refractivity contribution in [2.45, 2.75) is 6.04 Å². The molecule has 0 aliphatic carbocycles. The number of rotatable bonds is 2. The van der Waals surface area contributed by atoms with Crippen LogP contribution in [0, 0.1) is 11.6 Å². The standard InChI is InChI=1S/C11H8ClF2NS/c12-8-4-10(14)9(13)3-7(8)11(15)6-1-2-16-5-6/h1-5,11H,15H2. The summed E-state index contributed by atoms with van der Waals surface area (Å²) in [5.74, 6) is -1.91. The van der Waals surface area contributed by atoms with Gasteiger partial charge in [0.2, 0.25) is 0 Å². The molecular formula is C11H8ClF2NS. The summed E-state index contributed by atoms with van der Waals surface area (Å²) in [6.45, 7) is 0. The van der Waals surface area contributed by atoms with Crippen LogP contribution in [0.1, 0.15) is 17.2 Å². The summed E-state index contributed by atoms with van der Waals surface area (Å²) in [4.78, 5) is 0. The van der Waals surface area contributed by atoms with E-state index in [1.54, 1.807) is 0 Å². The molecule has 0 radical (unpaired) electrons. The van der Waals surface area contributed by atoms with Crippen molar-refractivity contribution in [1.82, 2.24) is 0 Å². The first kappa shape index (κ1) is 11.5. The van der Waals surface area contributed by atoms with Crippen molar-refractivity contribution in [1.29, 1.82) is 0 Å². The van der Waals surface area contributed by atoms with Crippen LogP contribution in [0.5, 0.6) is 0 Å². The highest BCUT2D eigenvalue weighted by atomic mass is 35.5. The summed E-state index contributed by atoms with van der Waals surface area (Å²) in [7, 11) is 0. The lowest BCUT2D eigenvalue weighted by atomic mass is 10.0. The first-order chi connectivity index (χ1) is 7.59. The largest absolute Gasteiger partial charge is 0.320 e. The van der Waals surface area contributed by atoms with Crippen LogP contribution in [0.2, 0.25) is 5.02 Å². The van der Waals surface area contributed by atoms with E-state index in [0.29, 0.717) is 5.56 Å². The molecule has 84 valence electrons. The quantitative estimate of drug-likeness (QED) is 0.817. The molecule has 0 fully saturated rings. The van der Waals surface area contributed by atoms with Crippen LogP contribution in [0.15, 0.2) is 29.0 Å². The molecule has 0 aliphatic heterocycles. The van der Waals surface area contributed by atoms with E-state index in [2.05, 4.69) is 0 Å². The number of nitrogens with two attached hydrogens (primary N) is 1. The molecule has 16 heavy (non-hydrogen) atoms. The van der Waals surface area contributed by atoms with E-state index in [4.69, 9.17) is 17.3 Å². The van der Waals surface area contributed by atoms with Crippen molar-refractivity contribution in [3.8, 4) is 0 Å². The second-order valence-electron chi connectivity index (χ2n) is 3.32. The second-order valence-corrected chi connectivity index (χ2v) is 4.51. The van der Waals surface area contributed by atoms with E-state index < -0.39 is 17.7 Å². The molecule has 1 atom stereocenters. The van der Waals surface area contributed by atoms with Crippen molar-refractivity contribution >= 4 is 22.9 Å². The highest BCUT2D eigenvalue weighted by Crippen LogP contribution is 2.29. The smallest absolute Gasteiger partial charge is 0.160 e. The molecule has 0 saturated heterocycles. The lowest BCUT2D eigenvalue weighted by molar-refractivity contribution is 0.506. The number of hydrogen-bond acceptors (Lipinski definition) is 2. The Labute approximate surface area is 100 Å². The molecule has 2 aromatic rings. The predicted octanol–water partition coefficient (Wildman–Crippen LogP) is 3.73. The summed E-state index contributed by atoms with van der Waals surface area (Å²) < 4.78 is 25.9. The normalized spacial score (nSPS) is 12.8. The molecule has 0 spiro atoms. The van der Waals surface area contributed by atoms with Gasteiger partial charge in [0, 0.05) is 5.02 Å². The predicted molar refractivity (Wildman–Crippen MR) is 61.7 cm³/mol. The zero-order chi connectivity index (χ0) is 11.7. The lowest BCUT2D eigenvalue weighted by Gasteiger charge is -2.12. The van der Waals surface area contributed by atoms with E-state index in [0.717, 1.165) is 17.7 Å². The molecule has 1 nitrogen and oxygen atoms in total. The Balaban J connectivity index is 2.44. The fourth-order valence-electron chi connectivity index (χ4n) is 1.41. The Morgan fingerprint density at radius 1 is 1.25 bits per heavy atom. The molecule has 2 N–H and O–H groups in total. The van der Waals surface area contributed by atoms with E-state index >= 15 is 0 Å². The maximum Gasteiger partial charge on any atom is 0.160 e. The van der Waals surface area contributed by atoms with Crippen molar-refractivity contribution in [2.75, 3.05) is 0 Å². The van der Waals surface area contributed by atoms with Gasteiger partial charge in [-0.3, -0.25) is 0 Å². The van der Waals surface area contributed by atoms with Gasteiger partial charge in [0.1, 0.15) is 0 Å². The van der Waals surface area contributed by atoms with Gasteiger partial charge in [0.05, 0.1) is 6.04 Å². The van der Waals surface area contributed by atoms with Crippen molar-refractivity contribution in [2.24, 2.45) is 5.73 Å². The number of thiophene rings is 1. The van der Waals surface area contributed by atoms with Gasteiger partial charge in [-0.1, -0.05) is 11.6 Å². The summed E-state index contributed by atoms with van der Waals surface area (Å²) in [6, 6.07) is 3.28. The number of benzene rings is 1. The van der Waals surface area contributed by atoms with E-state index in [1.807, 2.05) is 16.8 Å². The van der Waals surface area contributed by atoms with E-state index in [1.165, 1.54) is 11.3 Å². The molecule has 0 amide bonds. The monoisotopic (exact) mass is 259 g/mol. The van der Waals surface area contributed by atoms with Crippen LogP contribution in [-0.4, -0.2) is 0 Å². The van der Waals surface area contributed by atoms with Crippen LogP contribution >= 0.6 is 22.9 Å². The second kappa shape index (κ2) is 4.49. The lowest BCUT2D eigenvalue weighted by Crippen LogP contribution is -2.12. The molecule has 1 aromatic carbocycles. The third-order valence-electron chi connectivity index (χ3n) is 2.28. The van der Waals surface area contributed by atoms with Gasteiger partial charge in [-0.2, -0.15) is 11.3 Å². The molecule has 2 rings (SSSR count). The topological polar surface area (TPSA) is 26.0 Å². The summed E-state index contributed by atoms with van der Waals surface area (Å²) in [5.41, 5.74) is 7.13. The van der Waals surface area contributed by atoms with Gasteiger partial charge in [-0.05, 0) is 40.1 Å². The Hall–Kier alpha value is -0.970. The fourth-order valence-corrected chi connectivity index (χ4v) is 2.37. The first-order valence-electron chi connectivity index (χ1n) is 4.51. The highest BCUT2D eigenvalue weighted by molar-refractivity contribution is 7.08. The Bertz CT molecular complexity index is 499. The van der Waals surface area contributed by atoms with E-state index in [-0.39, 0.29) is 5.02 Å². The van der Waals surface area contributed by atoms with Crippen molar-refractivity contribution in [3.05, 3.63) is 56.7 Å². The van der Waals surface area contributed by atoms with Gasteiger partial charge in [0.15, 0.2) is 11.6 Å². The molecule has 5 heteroatoms. The van der Waals surface area contributed by atoms with Gasteiger partial charge < -0.3 is 5.73 Å². The Kier molecular flexibility index (Phi) is 3.23. The minimum absolute atomic E-state index is 0.137. The van der Waals surface area contributed by atoms with Crippen molar-refractivity contribution < 1.29 is 8.78 Å². The maximum atomic E-state index is 13.1. The summed E-state index contributed by atoms with van der Waals surface area (Å²) >= 11 is 7.31. The van der Waals surface area contributed by atoms with Crippen LogP contribution in [0.4, 0.5) is 8.78 Å². The minimum Gasteiger partial charge on any atom is -0.320 e. The molecule has 1 aromatic heterocycles. The number of halogens is 3. The van der Waals surface area contributed by atoms with Crippen LogP contribution in [-0.2, 0) is 0 Å². The molecule has 0 aliphatic rings. The van der Waals surface area contributed by atoms with E-state index in [9.17, 15) is 8.78 Å². The van der Waals surface area contributed by atoms with Crippen molar-refractivity contribution in [3.63, 3.8) is 0 Å². The van der Waals surface area contributed by atoms with Crippen LogP contribution in [0.25, 0.3) is 0 Å². The molecule has 0 saturated carbocycles. The third-order valence-corrected chi connectivity index (χ3v) is 3.31. The van der Waals surface area contributed by atoms with Gasteiger partial charge >= 0.3 is 0 Å². The zero-order valence-corrected chi connectivity index (χ0v) is 9.66. The van der Waals surface area contributed by atoms with Gasteiger partial charge in [-0.25, -0.2) is 8.78 Å². The fraction of sp³-hybridized carbons (Fsp3) is 0.0909. The summed E-state index contributed by atoms with van der Waals surface area (Å²) in [6.07, 6.45) is 0.